The van der Waals surface area contributed by atoms with E-state index in [-0.39, 0.29) is 0 Å². The summed E-state index contributed by atoms with van der Waals surface area (Å²) in [5, 5.41) is 27.1. The van der Waals surface area contributed by atoms with Crippen molar-refractivity contribution in [1.29, 1.82) is 0 Å². The van der Waals surface area contributed by atoms with Gasteiger partial charge in [-0.3, -0.25) is 4.79 Å². The highest BCUT2D eigenvalue weighted by Crippen LogP contribution is 2.10. The van der Waals surface area contributed by atoms with Crippen LogP contribution in [-0.4, -0.2) is 43.1 Å². The van der Waals surface area contributed by atoms with E-state index in [4.69, 9.17) is 10.2 Å². The summed E-state index contributed by atoms with van der Waals surface area (Å²) < 4.78 is 0.731. The first kappa shape index (κ1) is 15.2. The minimum absolute atomic E-state index is 0.463. The zero-order chi connectivity index (χ0) is 16.3. The van der Waals surface area contributed by atoms with E-state index in [0.29, 0.717) is 5.69 Å². The lowest BCUT2D eigenvalue weighted by Crippen LogP contribution is -2.23. The topological polar surface area (TPSA) is 134 Å². The summed E-state index contributed by atoms with van der Waals surface area (Å²) >= 11 is 0. The normalized spacial score (nSPS) is 10.2. The summed E-state index contributed by atoms with van der Waals surface area (Å²) in [6.45, 7) is 1.43. The number of carbonyl (C=O) groups excluding carboxylic acids is 1. The van der Waals surface area contributed by atoms with Gasteiger partial charge in [0.2, 0.25) is 11.6 Å². The molecule has 9 heteroatoms. The molecule has 0 aliphatic heterocycles. The maximum absolute atomic E-state index is 11.9. The van der Waals surface area contributed by atoms with Crippen LogP contribution in [0.1, 0.15) is 26.5 Å². The van der Waals surface area contributed by atoms with Crippen LogP contribution in [0.25, 0.3) is 0 Å². The second kappa shape index (κ2) is 6.04. The average Bonchev–Trinajstić information content (AvgIpc) is 2.85. The molecule has 0 spiro atoms. The molecular formula is C13H12N4O5. The van der Waals surface area contributed by atoms with Crippen LogP contribution < -0.4 is 5.32 Å². The molecule has 0 unspecified atom stereocenters. The molecule has 114 valence electrons. The number of carboxylic acid groups (broad SMARTS) is 2. The minimum Gasteiger partial charge on any atom is -0.476 e. The second-order valence-electron chi connectivity index (χ2n) is 4.47. The summed E-state index contributed by atoms with van der Waals surface area (Å²) in [5.74, 6) is -3.60. The molecule has 1 amide bonds. The van der Waals surface area contributed by atoms with Gasteiger partial charge in [0.1, 0.15) is 6.54 Å². The lowest BCUT2D eigenvalue weighted by Gasteiger charge is -2.06. The molecule has 3 N–H and O–H groups in total. The monoisotopic (exact) mass is 304 g/mol. The van der Waals surface area contributed by atoms with Gasteiger partial charge in [-0.2, -0.15) is 0 Å². The summed E-state index contributed by atoms with van der Waals surface area (Å²) in [7, 11) is 0. The van der Waals surface area contributed by atoms with Crippen molar-refractivity contribution in [1.82, 2.24) is 15.0 Å². The zero-order valence-electron chi connectivity index (χ0n) is 11.5. The predicted octanol–water partition coefficient (Wildman–Crippen LogP) is 0.622. The highest BCUT2D eigenvalue weighted by atomic mass is 16.4. The van der Waals surface area contributed by atoms with Crippen molar-refractivity contribution in [2.24, 2.45) is 0 Å². The number of carbonyl (C=O) groups is 3. The van der Waals surface area contributed by atoms with Crippen molar-refractivity contribution in [2.75, 3.05) is 5.32 Å². The van der Waals surface area contributed by atoms with Gasteiger partial charge < -0.3 is 15.5 Å². The number of benzene rings is 1. The van der Waals surface area contributed by atoms with Gasteiger partial charge in [0.15, 0.2) is 5.69 Å². The quantitative estimate of drug-likeness (QED) is 0.737. The molecule has 0 radical (unpaired) electrons. The van der Waals surface area contributed by atoms with Crippen LogP contribution in [0.15, 0.2) is 24.3 Å². The van der Waals surface area contributed by atoms with E-state index >= 15 is 0 Å². The third-order valence-electron chi connectivity index (χ3n) is 2.77. The van der Waals surface area contributed by atoms with Crippen LogP contribution in [0, 0.1) is 6.92 Å². The highest BCUT2D eigenvalue weighted by molar-refractivity contribution is 5.99. The van der Waals surface area contributed by atoms with Gasteiger partial charge in [0.05, 0.1) is 0 Å². The first-order valence-electron chi connectivity index (χ1n) is 6.15. The number of hydrogen-bond donors (Lipinski definition) is 3. The number of aromatic carboxylic acids is 2. The Morgan fingerprint density at radius 3 is 2.32 bits per heavy atom. The van der Waals surface area contributed by atoms with Gasteiger partial charge in [-0.1, -0.05) is 22.9 Å². The molecule has 0 aliphatic carbocycles. The third-order valence-corrected chi connectivity index (χ3v) is 2.77. The van der Waals surface area contributed by atoms with E-state index in [1.165, 1.54) is 0 Å². The lowest BCUT2D eigenvalue weighted by atomic mass is 10.2. The second-order valence-corrected chi connectivity index (χ2v) is 4.47. The molecule has 1 heterocycles. The van der Waals surface area contributed by atoms with Crippen LogP contribution in [0.3, 0.4) is 0 Å². The van der Waals surface area contributed by atoms with Crippen molar-refractivity contribution in [3.8, 4) is 0 Å². The van der Waals surface area contributed by atoms with Crippen LogP contribution in [0.2, 0.25) is 0 Å². The Morgan fingerprint density at radius 1 is 1.14 bits per heavy atom. The molecule has 0 aliphatic rings. The number of aromatic nitrogens is 3. The SMILES string of the molecule is Cc1ccc(NC(=O)Cn2nnc(C(=O)O)c2C(=O)O)cc1. The summed E-state index contributed by atoms with van der Waals surface area (Å²) in [4.78, 5) is 33.8. The van der Waals surface area contributed by atoms with E-state index < -0.39 is 35.8 Å². The highest BCUT2D eigenvalue weighted by Gasteiger charge is 2.25. The third kappa shape index (κ3) is 3.26. The fraction of sp³-hybridized carbons (Fsp3) is 0.154. The van der Waals surface area contributed by atoms with Crippen molar-refractivity contribution in [3.63, 3.8) is 0 Å². The van der Waals surface area contributed by atoms with E-state index in [0.717, 1.165) is 10.2 Å². The number of rotatable bonds is 5. The summed E-state index contributed by atoms with van der Waals surface area (Å²) in [5.41, 5.74) is 0.196. The number of hydrogen-bond acceptors (Lipinski definition) is 5. The number of aryl methyl sites for hydroxylation is 1. The van der Waals surface area contributed by atoms with E-state index in [1.54, 1.807) is 24.3 Å². The van der Waals surface area contributed by atoms with Crippen LogP contribution in [-0.2, 0) is 11.3 Å². The number of carboxylic acids is 2. The Kier molecular flexibility index (Phi) is 4.16. The fourth-order valence-electron chi connectivity index (χ4n) is 1.75. The first-order chi connectivity index (χ1) is 10.4. The van der Waals surface area contributed by atoms with Crippen molar-refractivity contribution in [3.05, 3.63) is 41.2 Å². The van der Waals surface area contributed by atoms with Gasteiger partial charge in [-0.05, 0) is 19.1 Å². The Morgan fingerprint density at radius 2 is 1.77 bits per heavy atom. The Labute approximate surface area is 124 Å². The molecule has 2 aromatic rings. The first-order valence-corrected chi connectivity index (χ1v) is 6.15. The molecular weight excluding hydrogens is 292 g/mol. The minimum atomic E-state index is -1.53. The molecule has 1 aromatic heterocycles. The Bertz CT molecular complexity index is 735. The molecule has 1 aromatic carbocycles. The Balaban J connectivity index is 2.16. The van der Waals surface area contributed by atoms with Gasteiger partial charge in [0, 0.05) is 5.69 Å². The molecule has 0 atom stereocenters. The molecule has 9 nitrogen and oxygen atoms in total. The maximum atomic E-state index is 11.9. The number of anilines is 1. The zero-order valence-corrected chi connectivity index (χ0v) is 11.5. The lowest BCUT2D eigenvalue weighted by molar-refractivity contribution is -0.116. The van der Waals surface area contributed by atoms with Crippen molar-refractivity contribution < 1.29 is 24.6 Å². The van der Waals surface area contributed by atoms with Crippen LogP contribution >= 0.6 is 0 Å². The van der Waals surface area contributed by atoms with Crippen molar-refractivity contribution in [2.45, 2.75) is 13.5 Å². The van der Waals surface area contributed by atoms with Crippen molar-refractivity contribution >= 4 is 23.5 Å². The number of nitrogens with zero attached hydrogens (tertiary/aromatic N) is 3. The standard InChI is InChI=1S/C13H12N4O5/c1-7-2-4-8(5-3-7)14-9(18)6-17-11(13(21)22)10(12(19)20)15-16-17/h2-5H,6H2,1H3,(H,14,18)(H,19,20)(H,21,22). The maximum Gasteiger partial charge on any atom is 0.359 e. The number of nitrogens with one attached hydrogen (secondary N) is 1. The largest absolute Gasteiger partial charge is 0.476 e. The van der Waals surface area contributed by atoms with Gasteiger partial charge in [-0.15, -0.1) is 5.10 Å². The Hall–Kier alpha value is -3.23. The predicted molar refractivity (Wildman–Crippen MR) is 73.7 cm³/mol. The van der Waals surface area contributed by atoms with Crippen LogP contribution in [0.4, 0.5) is 5.69 Å². The average molecular weight is 304 g/mol. The molecule has 0 fully saturated rings. The van der Waals surface area contributed by atoms with Gasteiger partial charge in [-0.25, -0.2) is 14.3 Å². The summed E-state index contributed by atoms with van der Waals surface area (Å²) in [6.07, 6.45) is 0. The van der Waals surface area contributed by atoms with Gasteiger partial charge >= 0.3 is 11.9 Å². The molecule has 22 heavy (non-hydrogen) atoms. The molecule has 2 rings (SSSR count). The van der Waals surface area contributed by atoms with E-state index in [9.17, 15) is 14.4 Å². The number of amides is 1. The smallest absolute Gasteiger partial charge is 0.359 e. The fourth-order valence-corrected chi connectivity index (χ4v) is 1.75. The molecule has 0 saturated carbocycles. The molecule has 0 saturated heterocycles. The molecule has 0 bridgehead atoms. The van der Waals surface area contributed by atoms with E-state index in [1.807, 2.05) is 6.92 Å². The van der Waals surface area contributed by atoms with E-state index in [2.05, 4.69) is 15.6 Å². The van der Waals surface area contributed by atoms with Gasteiger partial charge in [0.25, 0.3) is 0 Å². The summed E-state index contributed by atoms with van der Waals surface area (Å²) in [6, 6.07) is 6.98. The van der Waals surface area contributed by atoms with Crippen LogP contribution in [0.5, 0.6) is 0 Å².